The Hall–Kier alpha value is -2.48. The molecule has 1 amide bonds. The van der Waals surface area contributed by atoms with Crippen molar-refractivity contribution in [2.24, 2.45) is 0 Å². The molecule has 0 atom stereocenters. The van der Waals surface area contributed by atoms with E-state index in [1.807, 2.05) is 0 Å². The van der Waals surface area contributed by atoms with Crippen LogP contribution in [0.15, 0.2) is 34.1 Å². The number of methoxy groups -OCH3 is 2. The number of hydrogen-bond acceptors (Lipinski definition) is 6. The Kier molecular flexibility index (Phi) is 5.64. The molecule has 0 saturated heterocycles. The molecule has 0 aliphatic heterocycles. The van der Waals surface area contributed by atoms with Gasteiger partial charge >= 0.3 is 5.69 Å². The number of H-pyrrole nitrogens is 1. The van der Waals surface area contributed by atoms with Crippen LogP contribution in [0.1, 0.15) is 5.69 Å². The van der Waals surface area contributed by atoms with Crippen LogP contribution in [-0.4, -0.2) is 35.8 Å². The van der Waals surface area contributed by atoms with Crippen molar-refractivity contribution in [2.45, 2.75) is 11.9 Å². The second kappa shape index (κ2) is 7.68. The van der Waals surface area contributed by atoms with E-state index < -0.39 is 5.69 Å². The van der Waals surface area contributed by atoms with E-state index in [1.54, 1.807) is 38.3 Å². The van der Waals surface area contributed by atoms with E-state index in [9.17, 15) is 9.59 Å². The number of nitrogens with zero attached hydrogens (tertiary/aromatic N) is 1. The van der Waals surface area contributed by atoms with E-state index in [2.05, 4.69) is 15.3 Å². The molecule has 0 radical (unpaired) electrons. The number of aryl methyl sites for hydroxylation is 1. The summed E-state index contributed by atoms with van der Waals surface area (Å²) in [5.41, 5.74) is 0.789. The van der Waals surface area contributed by atoms with E-state index >= 15 is 0 Å². The predicted molar refractivity (Wildman–Crippen MR) is 88.5 cm³/mol. The average Bonchev–Trinajstić information content (AvgIpc) is 2.52. The fraction of sp³-hybridized carbons (Fsp3) is 0.267. The van der Waals surface area contributed by atoms with Crippen LogP contribution in [0.2, 0.25) is 0 Å². The van der Waals surface area contributed by atoms with Gasteiger partial charge in [0.15, 0.2) is 0 Å². The van der Waals surface area contributed by atoms with Crippen molar-refractivity contribution in [3.8, 4) is 11.5 Å². The number of thioether (sulfide) groups is 1. The van der Waals surface area contributed by atoms with Gasteiger partial charge in [-0.05, 0) is 25.1 Å². The lowest BCUT2D eigenvalue weighted by Gasteiger charge is -2.11. The third-order valence-corrected chi connectivity index (χ3v) is 3.80. The first-order valence-electron chi connectivity index (χ1n) is 6.74. The number of benzene rings is 1. The summed E-state index contributed by atoms with van der Waals surface area (Å²) >= 11 is 1.18. The van der Waals surface area contributed by atoms with Gasteiger partial charge in [-0.1, -0.05) is 11.8 Å². The molecule has 7 nitrogen and oxygen atoms in total. The molecule has 0 spiro atoms. The molecule has 2 N–H and O–H groups in total. The van der Waals surface area contributed by atoms with Crippen LogP contribution in [-0.2, 0) is 4.79 Å². The number of aromatic nitrogens is 2. The van der Waals surface area contributed by atoms with Crippen molar-refractivity contribution in [3.63, 3.8) is 0 Å². The molecule has 2 aromatic rings. The lowest BCUT2D eigenvalue weighted by Crippen LogP contribution is -2.16. The maximum absolute atomic E-state index is 12.1. The first kappa shape index (κ1) is 16.9. The van der Waals surface area contributed by atoms with Crippen molar-refractivity contribution in [3.05, 3.63) is 40.4 Å². The molecule has 0 fully saturated rings. The maximum atomic E-state index is 12.1. The summed E-state index contributed by atoms with van der Waals surface area (Å²) in [6, 6.07) is 6.85. The quantitative estimate of drug-likeness (QED) is 0.618. The molecule has 0 unspecified atom stereocenters. The minimum Gasteiger partial charge on any atom is -0.497 e. The van der Waals surface area contributed by atoms with Gasteiger partial charge in [0.25, 0.3) is 0 Å². The van der Waals surface area contributed by atoms with Crippen LogP contribution in [0, 0.1) is 6.92 Å². The molecular weight excluding hydrogens is 318 g/mol. The summed E-state index contributed by atoms with van der Waals surface area (Å²) in [5.74, 6) is 1.03. The van der Waals surface area contributed by atoms with Crippen molar-refractivity contribution >= 4 is 23.4 Å². The van der Waals surface area contributed by atoms with Gasteiger partial charge in [-0.25, -0.2) is 4.79 Å². The monoisotopic (exact) mass is 335 g/mol. The number of aromatic amines is 1. The van der Waals surface area contributed by atoms with Gasteiger partial charge in [-0.2, -0.15) is 4.98 Å². The summed E-state index contributed by atoms with van der Waals surface area (Å²) in [6.45, 7) is 1.76. The molecule has 23 heavy (non-hydrogen) atoms. The highest BCUT2D eigenvalue weighted by Crippen LogP contribution is 2.29. The molecule has 1 aromatic carbocycles. The molecule has 0 aliphatic carbocycles. The van der Waals surface area contributed by atoms with E-state index in [0.717, 1.165) is 0 Å². The third kappa shape index (κ3) is 4.75. The predicted octanol–water partition coefficient (Wildman–Crippen LogP) is 1.83. The van der Waals surface area contributed by atoms with Gasteiger partial charge in [0.1, 0.15) is 16.5 Å². The minimum absolute atomic E-state index is 0.121. The summed E-state index contributed by atoms with van der Waals surface area (Å²) in [4.78, 5) is 29.7. The highest BCUT2D eigenvalue weighted by atomic mass is 32.2. The molecule has 2 rings (SSSR count). The number of hydrogen-bond donors (Lipinski definition) is 2. The number of carbonyl (C=O) groups is 1. The van der Waals surface area contributed by atoms with Gasteiger partial charge in [-0.15, -0.1) is 0 Å². The van der Waals surface area contributed by atoms with Crippen molar-refractivity contribution in [1.82, 2.24) is 9.97 Å². The van der Waals surface area contributed by atoms with E-state index in [-0.39, 0.29) is 11.7 Å². The Morgan fingerprint density at radius 1 is 1.30 bits per heavy atom. The zero-order chi connectivity index (χ0) is 16.8. The lowest BCUT2D eigenvalue weighted by molar-refractivity contribution is -0.113. The van der Waals surface area contributed by atoms with E-state index in [1.165, 1.54) is 18.9 Å². The smallest absolute Gasteiger partial charge is 0.346 e. The van der Waals surface area contributed by atoms with Crippen LogP contribution in [0.5, 0.6) is 11.5 Å². The second-order valence-corrected chi connectivity index (χ2v) is 5.61. The third-order valence-electron chi connectivity index (χ3n) is 2.89. The van der Waals surface area contributed by atoms with Crippen LogP contribution in [0.3, 0.4) is 0 Å². The number of amides is 1. The van der Waals surface area contributed by atoms with E-state index in [4.69, 9.17) is 9.47 Å². The van der Waals surface area contributed by atoms with Crippen LogP contribution in [0.4, 0.5) is 5.69 Å². The fourth-order valence-electron chi connectivity index (χ4n) is 1.86. The fourth-order valence-corrected chi connectivity index (χ4v) is 2.62. The topological polar surface area (TPSA) is 93.3 Å². The molecular formula is C15H17N3O4S. The highest BCUT2D eigenvalue weighted by Gasteiger charge is 2.10. The Bertz CT molecular complexity index is 761. The largest absolute Gasteiger partial charge is 0.497 e. The molecule has 0 saturated carbocycles. The Morgan fingerprint density at radius 3 is 2.74 bits per heavy atom. The molecule has 0 aliphatic rings. The first-order valence-corrected chi connectivity index (χ1v) is 7.73. The number of anilines is 1. The first-order chi connectivity index (χ1) is 11.0. The number of nitrogens with one attached hydrogen (secondary N) is 2. The number of carbonyl (C=O) groups excluding carboxylic acids is 1. The highest BCUT2D eigenvalue weighted by molar-refractivity contribution is 7.99. The zero-order valence-electron chi connectivity index (χ0n) is 13.0. The normalized spacial score (nSPS) is 10.2. The molecule has 1 heterocycles. The zero-order valence-corrected chi connectivity index (χ0v) is 13.8. The number of rotatable bonds is 6. The summed E-state index contributed by atoms with van der Waals surface area (Å²) < 4.78 is 10.3. The van der Waals surface area contributed by atoms with Crippen LogP contribution < -0.4 is 20.5 Å². The Balaban J connectivity index is 2.03. The van der Waals surface area contributed by atoms with Gasteiger partial charge in [0.2, 0.25) is 5.91 Å². The molecule has 1 aromatic heterocycles. The van der Waals surface area contributed by atoms with Crippen molar-refractivity contribution in [1.29, 1.82) is 0 Å². The second-order valence-electron chi connectivity index (χ2n) is 4.61. The molecule has 8 heteroatoms. The maximum Gasteiger partial charge on any atom is 0.346 e. The Labute approximate surface area is 137 Å². The van der Waals surface area contributed by atoms with Gasteiger partial charge in [0, 0.05) is 11.8 Å². The minimum atomic E-state index is -0.428. The van der Waals surface area contributed by atoms with Crippen LogP contribution >= 0.6 is 11.8 Å². The standard InChI is InChI=1S/C15H17N3O4S/c1-9-6-14(18-15(20)16-9)23-8-13(19)17-11-7-10(21-2)4-5-12(11)22-3/h4-7H,8H2,1-3H3,(H,17,19)(H,16,18,20). The summed E-state index contributed by atoms with van der Waals surface area (Å²) in [6.07, 6.45) is 0. The number of ether oxygens (including phenoxy) is 2. The summed E-state index contributed by atoms with van der Waals surface area (Å²) in [7, 11) is 3.07. The van der Waals surface area contributed by atoms with E-state index in [0.29, 0.717) is 27.9 Å². The molecule has 122 valence electrons. The SMILES string of the molecule is COc1ccc(OC)c(NC(=O)CSc2cc(C)[nH]c(=O)n2)c1. The lowest BCUT2D eigenvalue weighted by atomic mass is 10.2. The summed E-state index contributed by atoms with van der Waals surface area (Å²) in [5, 5.41) is 3.26. The Morgan fingerprint density at radius 2 is 2.09 bits per heavy atom. The van der Waals surface area contributed by atoms with Gasteiger partial charge in [-0.3, -0.25) is 4.79 Å². The van der Waals surface area contributed by atoms with Crippen molar-refractivity contribution in [2.75, 3.05) is 25.3 Å². The molecule has 0 bridgehead atoms. The van der Waals surface area contributed by atoms with Crippen molar-refractivity contribution < 1.29 is 14.3 Å². The van der Waals surface area contributed by atoms with Gasteiger partial charge in [0.05, 0.1) is 25.7 Å². The average molecular weight is 335 g/mol. The van der Waals surface area contributed by atoms with Crippen LogP contribution in [0.25, 0.3) is 0 Å². The van der Waals surface area contributed by atoms with Gasteiger partial charge < -0.3 is 19.8 Å².